The van der Waals surface area contributed by atoms with Crippen LogP contribution in [0.2, 0.25) is 0 Å². The number of hydrogen-bond donors (Lipinski definition) is 1. The minimum absolute atomic E-state index is 0.104. The van der Waals surface area contributed by atoms with Crippen LogP contribution in [0.4, 0.5) is 5.00 Å². The molecular formula is C21H25NO3S. The van der Waals surface area contributed by atoms with Crippen molar-refractivity contribution in [2.45, 2.75) is 46.0 Å². The monoisotopic (exact) mass is 371 g/mol. The normalized spacial score (nSPS) is 16.0. The van der Waals surface area contributed by atoms with E-state index in [0.29, 0.717) is 29.5 Å². The zero-order chi connectivity index (χ0) is 18.5. The lowest BCUT2D eigenvalue weighted by molar-refractivity contribution is -0.115. The quantitative estimate of drug-likeness (QED) is 0.754. The van der Waals surface area contributed by atoms with E-state index in [4.69, 9.17) is 4.74 Å². The lowest BCUT2D eigenvalue weighted by atomic mass is 9.88. The molecule has 138 valence electrons. The SMILES string of the molecule is CCCOC(=O)c1c(NC(=O)Cc2ccccc2)sc2c1CCC(C)C2. The van der Waals surface area contributed by atoms with Gasteiger partial charge in [0.2, 0.25) is 5.91 Å². The van der Waals surface area contributed by atoms with Crippen molar-refractivity contribution in [3.8, 4) is 0 Å². The Kier molecular flexibility index (Phi) is 6.09. The van der Waals surface area contributed by atoms with Gasteiger partial charge in [-0.05, 0) is 42.7 Å². The first-order chi connectivity index (χ1) is 12.6. The maximum absolute atomic E-state index is 12.6. The summed E-state index contributed by atoms with van der Waals surface area (Å²) in [6.45, 7) is 4.60. The Labute approximate surface area is 158 Å². The van der Waals surface area contributed by atoms with E-state index in [1.54, 1.807) is 0 Å². The van der Waals surface area contributed by atoms with E-state index in [9.17, 15) is 9.59 Å². The number of carbonyl (C=O) groups is 2. The summed E-state index contributed by atoms with van der Waals surface area (Å²) >= 11 is 1.53. The third-order valence-corrected chi connectivity index (χ3v) is 5.78. The summed E-state index contributed by atoms with van der Waals surface area (Å²) in [7, 11) is 0. The number of rotatable bonds is 6. The zero-order valence-corrected chi connectivity index (χ0v) is 16.2. The van der Waals surface area contributed by atoms with Crippen LogP contribution in [0.3, 0.4) is 0 Å². The molecule has 4 nitrogen and oxygen atoms in total. The second-order valence-corrected chi connectivity index (χ2v) is 8.01. The fourth-order valence-electron chi connectivity index (χ4n) is 3.27. The van der Waals surface area contributed by atoms with Gasteiger partial charge in [0.15, 0.2) is 0 Å². The number of benzene rings is 1. The van der Waals surface area contributed by atoms with Crippen LogP contribution in [0.5, 0.6) is 0 Å². The van der Waals surface area contributed by atoms with Gasteiger partial charge >= 0.3 is 5.97 Å². The van der Waals surface area contributed by atoms with Crippen LogP contribution < -0.4 is 5.32 Å². The molecule has 3 rings (SSSR count). The number of esters is 1. The van der Waals surface area contributed by atoms with Gasteiger partial charge in [0, 0.05) is 4.88 Å². The van der Waals surface area contributed by atoms with Crippen LogP contribution in [0, 0.1) is 5.92 Å². The summed E-state index contributed by atoms with van der Waals surface area (Å²) in [6.07, 6.45) is 3.98. The van der Waals surface area contributed by atoms with Gasteiger partial charge in [-0.3, -0.25) is 4.79 Å². The summed E-state index contributed by atoms with van der Waals surface area (Å²) in [4.78, 5) is 26.3. The van der Waals surface area contributed by atoms with Crippen molar-refractivity contribution in [1.29, 1.82) is 0 Å². The Balaban J connectivity index is 1.83. The molecule has 0 spiro atoms. The molecule has 0 aliphatic heterocycles. The van der Waals surface area contributed by atoms with Crippen LogP contribution in [0.25, 0.3) is 0 Å². The number of carbonyl (C=O) groups excluding carboxylic acids is 2. The first-order valence-electron chi connectivity index (χ1n) is 9.24. The molecule has 1 amide bonds. The minimum Gasteiger partial charge on any atom is -0.462 e. The Morgan fingerprint density at radius 2 is 2.04 bits per heavy atom. The van der Waals surface area contributed by atoms with Crippen LogP contribution in [-0.2, 0) is 28.8 Å². The average molecular weight is 372 g/mol. The van der Waals surface area contributed by atoms with E-state index in [-0.39, 0.29) is 11.9 Å². The van der Waals surface area contributed by atoms with E-state index in [1.807, 2.05) is 37.3 Å². The second-order valence-electron chi connectivity index (χ2n) is 6.90. The van der Waals surface area contributed by atoms with E-state index >= 15 is 0 Å². The van der Waals surface area contributed by atoms with Gasteiger partial charge in [-0.15, -0.1) is 11.3 Å². The first-order valence-corrected chi connectivity index (χ1v) is 10.1. The van der Waals surface area contributed by atoms with Crippen molar-refractivity contribution in [3.63, 3.8) is 0 Å². The number of nitrogens with one attached hydrogen (secondary N) is 1. The maximum Gasteiger partial charge on any atom is 0.341 e. The molecule has 1 aromatic carbocycles. The van der Waals surface area contributed by atoms with Crippen molar-refractivity contribution < 1.29 is 14.3 Å². The highest BCUT2D eigenvalue weighted by Gasteiger charge is 2.29. The Morgan fingerprint density at radius 1 is 1.27 bits per heavy atom. The fourth-order valence-corrected chi connectivity index (χ4v) is 4.69. The summed E-state index contributed by atoms with van der Waals surface area (Å²) < 4.78 is 5.39. The van der Waals surface area contributed by atoms with Crippen LogP contribution in [0.15, 0.2) is 30.3 Å². The largest absolute Gasteiger partial charge is 0.462 e. The van der Waals surface area contributed by atoms with Gasteiger partial charge in [0.1, 0.15) is 5.00 Å². The Morgan fingerprint density at radius 3 is 2.77 bits per heavy atom. The number of amides is 1. The lowest BCUT2D eigenvalue weighted by Gasteiger charge is -2.18. The van der Waals surface area contributed by atoms with Crippen LogP contribution >= 0.6 is 11.3 Å². The van der Waals surface area contributed by atoms with Gasteiger partial charge in [-0.25, -0.2) is 4.79 Å². The van der Waals surface area contributed by atoms with Gasteiger partial charge in [0.05, 0.1) is 18.6 Å². The van der Waals surface area contributed by atoms with Crippen LogP contribution in [-0.4, -0.2) is 18.5 Å². The molecule has 0 radical (unpaired) electrons. The van der Waals surface area contributed by atoms with Crippen molar-refractivity contribution in [3.05, 3.63) is 51.9 Å². The Hall–Kier alpha value is -2.14. The summed E-state index contributed by atoms with van der Waals surface area (Å²) in [5.74, 6) is 0.190. The molecule has 26 heavy (non-hydrogen) atoms. The zero-order valence-electron chi connectivity index (χ0n) is 15.3. The number of ether oxygens (including phenoxy) is 1. The number of hydrogen-bond acceptors (Lipinski definition) is 4. The summed E-state index contributed by atoms with van der Waals surface area (Å²) in [6, 6.07) is 9.62. The van der Waals surface area contributed by atoms with E-state index in [1.165, 1.54) is 16.2 Å². The molecule has 0 bridgehead atoms. The maximum atomic E-state index is 12.6. The highest BCUT2D eigenvalue weighted by atomic mass is 32.1. The molecule has 1 aliphatic rings. The minimum atomic E-state index is -0.311. The number of fused-ring (bicyclic) bond motifs is 1. The van der Waals surface area contributed by atoms with E-state index < -0.39 is 0 Å². The van der Waals surface area contributed by atoms with Crippen molar-refractivity contribution in [2.24, 2.45) is 5.92 Å². The van der Waals surface area contributed by atoms with Gasteiger partial charge in [0.25, 0.3) is 0 Å². The Bertz CT molecular complexity index is 782. The summed E-state index contributed by atoms with van der Waals surface area (Å²) in [5.41, 5.74) is 2.60. The molecule has 1 heterocycles. The molecule has 0 saturated heterocycles. The first kappa shape index (κ1) is 18.6. The highest BCUT2D eigenvalue weighted by Crippen LogP contribution is 2.40. The predicted octanol–water partition coefficient (Wildman–Crippen LogP) is 4.62. The molecule has 1 atom stereocenters. The molecular weight excluding hydrogens is 346 g/mol. The van der Waals surface area contributed by atoms with Crippen molar-refractivity contribution in [2.75, 3.05) is 11.9 Å². The third-order valence-electron chi connectivity index (χ3n) is 4.61. The number of anilines is 1. The summed E-state index contributed by atoms with van der Waals surface area (Å²) in [5, 5.41) is 3.61. The third kappa shape index (κ3) is 4.33. The average Bonchev–Trinajstić information content (AvgIpc) is 2.97. The predicted molar refractivity (Wildman–Crippen MR) is 105 cm³/mol. The topological polar surface area (TPSA) is 55.4 Å². The molecule has 2 aromatic rings. The smallest absolute Gasteiger partial charge is 0.341 e. The van der Waals surface area contributed by atoms with E-state index in [2.05, 4.69) is 12.2 Å². The van der Waals surface area contributed by atoms with Crippen molar-refractivity contribution >= 4 is 28.2 Å². The van der Waals surface area contributed by atoms with Crippen LogP contribution in [0.1, 0.15) is 53.1 Å². The number of thiophene rings is 1. The molecule has 0 saturated carbocycles. The highest BCUT2D eigenvalue weighted by molar-refractivity contribution is 7.17. The van der Waals surface area contributed by atoms with Crippen molar-refractivity contribution in [1.82, 2.24) is 0 Å². The molecule has 1 N–H and O–H groups in total. The molecule has 1 unspecified atom stereocenters. The van der Waals surface area contributed by atoms with Gasteiger partial charge < -0.3 is 10.1 Å². The second kappa shape index (κ2) is 8.49. The standard InChI is InChI=1S/C21H25NO3S/c1-3-11-25-21(24)19-16-10-9-14(2)12-17(16)26-20(19)22-18(23)13-15-7-5-4-6-8-15/h4-8,14H,3,9-13H2,1-2H3,(H,22,23). The lowest BCUT2D eigenvalue weighted by Crippen LogP contribution is -2.18. The fraction of sp³-hybridized carbons (Fsp3) is 0.429. The molecule has 1 aromatic heterocycles. The molecule has 0 fully saturated rings. The molecule has 1 aliphatic carbocycles. The van der Waals surface area contributed by atoms with Gasteiger partial charge in [-0.1, -0.05) is 44.2 Å². The van der Waals surface area contributed by atoms with Gasteiger partial charge in [-0.2, -0.15) is 0 Å². The van der Waals surface area contributed by atoms with E-state index in [0.717, 1.165) is 36.8 Å². The molecule has 5 heteroatoms.